The average molecular weight is 226 g/mol. The van der Waals surface area contributed by atoms with Crippen LogP contribution in [-0.2, 0) is 10.2 Å². The molecular formula is C12H12F2O2. The molecule has 0 radical (unpaired) electrons. The fourth-order valence-corrected chi connectivity index (χ4v) is 2.04. The first-order chi connectivity index (χ1) is 7.46. The van der Waals surface area contributed by atoms with E-state index in [1.54, 1.807) is 0 Å². The summed E-state index contributed by atoms with van der Waals surface area (Å²) < 4.78 is 27.0. The van der Waals surface area contributed by atoms with Crippen molar-refractivity contribution < 1.29 is 18.7 Å². The lowest BCUT2D eigenvalue weighted by Gasteiger charge is -2.15. The number of aryl methyl sites for hydroxylation is 1. The number of hydrogen-bond donors (Lipinski definition) is 1. The van der Waals surface area contributed by atoms with Gasteiger partial charge in [0, 0.05) is 5.41 Å². The first-order valence-corrected chi connectivity index (χ1v) is 5.13. The van der Waals surface area contributed by atoms with Gasteiger partial charge in [0.05, 0.1) is 6.42 Å². The third kappa shape index (κ3) is 1.68. The molecule has 1 aromatic rings. The standard InChI is InChI=1S/C12H12F2O2/c1-7-2-3-8(11(14)10(7)13)12(4-5-12)6-9(15)16/h2-3H,4-6H2,1H3,(H,15,16). The van der Waals surface area contributed by atoms with Crippen LogP contribution in [0.3, 0.4) is 0 Å². The van der Waals surface area contributed by atoms with Crippen molar-refractivity contribution >= 4 is 5.97 Å². The third-order valence-electron chi connectivity index (χ3n) is 3.19. The van der Waals surface area contributed by atoms with Gasteiger partial charge < -0.3 is 5.11 Å². The molecule has 1 aliphatic carbocycles. The summed E-state index contributed by atoms with van der Waals surface area (Å²) in [6.45, 7) is 1.49. The summed E-state index contributed by atoms with van der Waals surface area (Å²) in [5, 5.41) is 8.75. The van der Waals surface area contributed by atoms with E-state index in [4.69, 9.17) is 5.11 Å². The Morgan fingerprint density at radius 3 is 2.50 bits per heavy atom. The van der Waals surface area contributed by atoms with Gasteiger partial charge in [0.25, 0.3) is 0 Å². The molecule has 0 aromatic heterocycles. The minimum Gasteiger partial charge on any atom is -0.481 e. The van der Waals surface area contributed by atoms with E-state index in [0.29, 0.717) is 12.8 Å². The Kier molecular flexibility index (Phi) is 2.45. The third-order valence-corrected chi connectivity index (χ3v) is 3.19. The minimum absolute atomic E-state index is 0.133. The van der Waals surface area contributed by atoms with Crippen molar-refractivity contribution in [2.75, 3.05) is 0 Å². The molecule has 86 valence electrons. The molecule has 0 spiro atoms. The fraction of sp³-hybridized carbons (Fsp3) is 0.417. The molecule has 1 aromatic carbocycles. The zero-order valence-electron chi connectivity index (χ0n) is 8.89. The monoisotopic (exact) mass is 226 g/mol. The summed E-state index contributed by atoms with van der Waals surface area (Å²) in [6, 6.07) is 3.00. The Bertz CT molecular complexity index is 451. The summed E-state index contributed by atoms with van der Waals surface area (Å²) >= 11 is 0. The predicted molar refractivity (Wildman–Crippen MR) is 54.3 cm³/mol. The molecule has 2 rings (SSSR count). The van der Waals surface area contributed by atoms with Gasteiger partial charge in [0.2, 0.25) is 0 Å². The van der Waals surface area contributed by atoms with Gasteiger partial charge in [-0.3, -0.25) is 4.79 Å². The van der Waals surface area contributed by atoms with Crippen molar-refractivity contribution in [1.29, 1.82) is 0 Å². The number of benzene rings is 1. The van der Waals surface area contributed by atoms with E-state index in [2.05, 4.69) is 0 Å². The maximum atomic E-state index is 13.7. The number of hydrogen-bond acceptors (Lipinski definition) is 1. The first kappa shape index (κ1) is 11.0. The van der Waals surface area contributed by atoms with Gasteiger partial charge in [-0.2, -0.15) is 0 Å². The van der Waals surface area contributed by atoms with Crippen LogP contribution in [0, 0.1) is 18.6 Å². The van der Waals surface area contributed by atoms with Crippen molar-refractivity contribution in [2.24, 2.45) is 0 Å². The Morgan fingerprint density at radius 2 is 2.00 bits per heavy atom. The molecule has 0 saturated heterocycles. The van der Waals surface area contributed by atoms with Crippen LogP contribution in [0.25, 0.3) is 0 Å². The maximum Gasteiger partial charge on any atom is 0.304 e. The Labute approximate surface area is 91.9 Å². The lowest BCUT2D eigenvalue weighted by Crippen LogP contribution is -2.15. The number of aliphatic carboxylic acids is 1. The molecule has 0 amide bonds. The number of carbonyl (C=O) groups is 1. The summed E-state index contributed by atoms with van der Waals surface area (Å²) in [7, 11) is 0. The van der Waals surface area contributed by atoms with Crippen LogP contribution in [-0.4, -0.2) is 11.1 Å². The lowest BCUT2D eigenvalue weighted by atomic mass is 9.91. The van der Waals surface area contributed by atoms with Gasteiger partial charge in [0.1, 0.15) is 0 Å². The van der Waals surface area contributed by atoms with E-state index in [9.17, 15) is 13.6 Å². The van der Waals surface area contributed by atoms with Gasteiger partial charge in [-0.15, -0.1) is 0 Å². The molecule has 0 aliphatic heterocycles. The molecular weight excluding hydrogens is 214 g/mol. The molecule has 0 unspecified atom stereocenters. The maximum absolute atomic E-state index is 13.7. The van der Waals surface area contributed by atoms with Crippen LogP contribution in [0.15, 0.2) is 12.1 Å². The van der Waals surface area contributed by atoms with Crippen molar-refractivity contribution in [3.63, 3.8) is 0 Å². The summed E-state index contributed by atoms with van der Waals surface area (Å²) in [5.41, 5.74) is -0.227. The van der Waals surface area contributed by atoms with E-state index < -0.39 is 23.0 Å². The Balaban J connectivity index is 2.42. The fourth-order valence-electron chi connectivity index (χ4n) is 2.04. The second-order valence-electron chi connectivity index (χ2n) is 4.41. The van der Waals surface area contributed by atoms with Crippen LogP contribution < -0.4 is 0 Å². The van der Waals surface area contributed by atoms with Crippen LogP contribution in [0.4, 0.5) is 8.78 Å². The highest BCUT2D eigenvalue weighted by Gasteiger charge is 2.48. The largest absolute Gasteiger partial charge is 0.481 e. The van der Waals surface area contributed by atoms with Crippen molar-refractivity contribution in [3.05, 3.63) is 34.9 Å². The number of carboxylic acids is 1. The number of halogens is 2. The SMILES string of the molecule is Cc1ccc(C2(CC(=O)O)CC2)c(F)c1F. The van der Waals surface area contributed by atoms with Gasteiger partial charge in [-0.1, -0.05) is 12.1 Å². The summed E-state index contributed by atoms with van der Waals surface area (Å²) in [4.78, 5) is 10.7. The predicted octanol–water partition coefficient (Wildman–Crippen LogP) is 2.78. The average Bonchev–Trinajstić information content (AvgIpc) is 2.94. The second-order valence-corrected chi connectivity index (χ2v) is 4.41. The Morgan fingerprint density at radius 1 is 1.38 bits per heavy atom. The molecule has 2 nitrogen and oxygen atoms in total. The van der Waals surface area contributed by atoms with E-state index in [1.165, 1.54) is 19.1 Å². The lowest BCUT2D eigenvalue weighted by molar-refractivity contribution is -0.137. The summed E-state index contributed by atoms with van der Waals surface area (Å²) in [6.07, 6.45) is 1.09. The molecule has 1 N–H and O–H groups in total. The summed E-state index contributed by atoms with van der Waals surface area (Å²) in [5.74, 6) is -2.73. The van der Waals surface area contributed by atoms with Gasteiger partial charge in [-0.25, -0.2) is 8.78 Å². The van der Waals surface area contributed by atoms with Crippen molar-refractivity contribution in [3.8, 4) is 0 Å². The first-order valence-electron chi connectivity index (χ1n) is 5.13. The number of rotatable bonds is 3. The highest BCUT2D eigenvalue weighted by Crippen LogP contribution is 2.52. The quantitative estimate of drug-likeness (QED) is 0.860. The highest BCUT2D eigenvalue weighted by atomic mass is 19.2. The second kappa shape index (κ2) is 3.54. The van der Waals surface area contributed by atoms with E-state index >= 15 is 0 Å². The zero-order valence-corrected chi connectivity index (χ0v) is 8.89. The van der Waals surface area contributed by atoms with Crippen LogP contribution in [0.1, 0.15) is 30.4 Å². The van der Waals surface area contributed by atoms with Crippen molar-refractivity contribution in [1.82, 2.24) is 0 Å². The normalized spacial score (nSPS) is 17.2. The smallest absolute Gasteiger partial charge is 0.304 e. The molecule has 1 saturated carbocycles. The molecule has 0 bridgehead atoms. The van der Waals surface area contributed by atoms with Crippen molar-refractivity contribution in [2.45, 2.75) is 31.6 Å². The molecule has 1 fully saturated rings. The molecule has 0 atom stereocenters. The number of carboxylic acid groups (broad SMARTS) is 1. The van der Waals surface area contributed by atoms with Gasteiger partial charge in [-0.05, 0) is 30.9 Å². The Hall–Kier alpha value is -1.45. The molecule has 16 heavy (non-hydrogen) atoms. The van der Waals surface area contributed by atoms with Crippen LogP contribution in [0.2, 0.25) is 0 Å². The molecule has 1 aliphatic rings. The molecule has 0 heterocycles. The van der Waals surface area contributed by atoms with Gasteiger partial charge in [0.15, 0.2) is 11.6 Å². The highest BCUT2D eigenvalue weighted by molar-refractivity contribution is 5.70. The minimum atomic E-state index is -0.974. The van der Waals surface area contributed by atoms with Crippen LogP contribution in [0.5, 0.6) is 0 Å². The van der Waals surface area contributed by atoms with Crippen LogP contribution >= 0.6 is 0 Å². The van der Waals surface area contributed by atoms with Gasteiger partial charge >= 0.3 is 5.97 Å². The van der Waals surface area contributed by atoms with E-state index in [0.717, 1.165) is 0 Å². The van der Waals surface area contributed by atoms with E-state index in [1.807, 2.05) is 0 Å². The zero-order chi connectivity index (χ0) is 11.9. The molecule has 4 heteroatoms. The topological polar surface area (TPSA) is 37.3 Å². The van der Waals surface area contributed by atoms with E-state index in [-0.39, 0.29) is 17.5 Å².